The van der Waals surface area contributed by atoms with Crippen molar-refractivity contribution in [2.45, 2.75) is 0 Å². The Kier molecular flexibility index (Phi) is 7.00. The molecule has 1 aliphatic rings. The Bertz CT molecular complexity index is 1920. The van der Waals surface area contributed by atoms with Crippen LogP contribution in [0.1, 0.15) is 10.4 Å². The lowest BCUT2D eigenvalue weighted by Crippen LogP contribution is -2.02. The standard InChI is InChI=1S/C37H27NS2/c1-5-9-17-24(16-6-2)33(38-8-4)35-25(7-3)36-37(40-35)32-30-22-14-12-20-28(30)26-18-10-11-19-27(26)29-21-13-15-23-31(29)34(32)39-36/h5-23H,1-4H2/b17-9-,24-16+,28-26?,29-27?,32-30?,34-31?,38-33?. The number of aliphatic imine (C=N–C) groups is 1. The van der Waals surface area contributed by atoms with Crippen molar-refractivity contribution in [3.63, 3.8) is 0 Å². The topological polar surface area (TPSA) is 12.4 Å². The molecule has 0 amide bonds. The highest BCUT2D eigenvalue weighted by Gasteiger charge is 2.28. The molecule has 40 heavy (non-hydrogen) atoms. The van der Waals surface area contributed by atoms with Crippen LogP contribution in [-0.4, -0.2) is 5.71 Å². The SMILES string of the molecule is C=C/C=C\C(=C/C=C)C(=NC=C)c1sc2c3c(sc2c1C=C)-c1ccccc1-c1ccccc1-c1ccccc1-3. The van der Waals surface area contributed by atoms with Crippen molar-refractivity contribution >= 4 is 43.9 Å². The lowest BCUT2D eigenvalue weighted by atomic mass is 9.84. The highest BCUT2D eigenvalue weighted by Crippen LogP contribution is 2.56. The number of thiophene rings is 2. The van der Waals surface area contributed by atoms with Gasteiger partial charge in [0.25, 0.3) is 0 Å². The Morgan fingerprint density at radius 1 is 0.650 bits per heavy atom. The molecule has 0 radical (unpaired) electrons. The van der Waals surface area contributed by atoms with E-state index in [0.29, 0.717) is 0 Å². The van der Waals surface area contributed by atoms with Crippen LogP contribution in [0, 0.1) is 0 Å². The largest absolute Gasteiger partial charge is 0.255 e. The zero-order valence-corrected chi connectivity index (χ0v) is 23.7. The van der Waals surface area contributed by atoms with Crippen LogP contribution in [0.3, 0.4) is 0 Å². The molecule has 5 aromatic rings. The fourth-order valence-electron chi connectivity index (χ4n) is 5.42. The van der Waals surface area contributed by atoms with Gasteiger partial charge >= 0.3 is 0 Å². The third-order valence-corrected chi connectivity index (χ3v) is 9.67. The number of hydrogen-bond acceptors (Lipinski definition) is 3. The number of fused-ring (bicyclic) bond motifs is 10. The van der Waals surface area contributed by atoms with E-state index < -0.39 is 0 Å². The predicted octanol–water partition coefficient (Wildman–Crippen LogP) is 11.4. The van der Waals surface area contributed by atoms with E-state index in [1.807, 2.05) is 35.6 Å². The normalized spacial score (nSPS) is 12.6. The number of nitrogens with zero attached hydrogens (tertiary/aromatic N) is 1. The molecule has 3 heteroatoms. The first-order valence-corrected chi connectivity index (χ1v) is 14.7. The van der Waals surface area contributed by atoms with E-state index in [2.05, 4.69) is 99.1 Å². The Hall–Kier alpha value is -4.57. The Morgan fingerprint density at radius 3 is 1.80 bits per heavy atom. The van der Waals surface area contributed by atoms with E-state index in [1.54, 1.807) is 29.7 Å². The van der Waals surface area contributed by atoms with Crippen molar-refractivity contribution < 1.29 is 0 Å². The molecular formula is C37H27NS2. The quantitative estimate of drug-likeness (QED) is 0.139. The number of allylic oxidation sites excluding steroid dienone is 6. The summed E-state index contributed by atoms with van der Waals surface area (Å²) in [6, 6.07) is 26.3. The van der Waals surface area contributed by atoms with Crippen molar-refractivity contribution in [1.29, 1.82) is 0 Å². The molecule has 0 saturated carbocycles. The monoisotopic (exact) mass is 549 g/mol. The van der Waals surface area contributed by atoms with Crippen LogP contribution >= 0.6 is 22.7 Å². The molecular weight excluding hydrogens is 523 g/mol. The minimum atomic E-state index is 0.843. The molecule has 3 aromatic carbocycles. The van der Waals surface area contributed by atoms with E-state index >= 15 is 0 Å². The second-order valence-corrected chi connectivity index (χ2v) is 11.3. The van der Waals surface area contributed by atoms with Gasteiger partial charge in [-0.1, -0.05) is 136 Å². The summed E-state index contributed by atoms with van der Waals surface area (Å²) in [4.78, 5) is 7.10. The third kappa shape index (κ3) is 4.12. The summed E-state index contributed by atoms with van der Waals surface area (Å²) in [6.45, 7) is 15.9. The summed E-state index contributed by atoms with van der Waals surface area (Å²) in [5.74, 6) is 0. The van der Waals surface area contributed by atoms with Crippen molar-refractivity contribution in [2.75, 3.05) is 0 Å². The molecule has 0 spiro atoms. The van der Waals surface area contributed by atoms with Crippen molar-refractivity contribution in [1.82, 2.24) is 0 Å². The van der Waals surface area contributed by atoms with E-state index in [4.69, 9.17) is 4.99 Å². The highest BCUT2D eigenvalue weighted by atomic mass is 32.1. The van der Waals surface area contributed by atoms with Gasteiger partial charge in [-0.3, -0.25) is 4.99 Å². The average Bonchev–Trinajstić information content (AvgIpc) is 3.53. The van der Waals surface area contributed by atoms with E-state index in [-0.39, 0.29) is 0 Å². The lowest BCUT2D eigenvalue weighted by molar-refractivity contribution is 1.55. The van der Waals surface area contributed by atoms with Crippen LogP contribution in [0.25, 0.3) is 59.3 Å². The second-order valence-electron chi connectivity index (χ2n) is 9.26. The highest BCUT2D eigenvalue weighted by molar-refractivity contribution is 7.32. The molecule has 0 aliphatic heterocycles. The first-order valence-electron chi connectivity index (χ1n) is 13.0. The van der Waals surface area contributed by atoms with E-state index in [0.717, 1.165) is 21.7 Å². The summed E-state index contributed by atoms with van der Waals surface area (Å²) in [5, 5.41) is 0. The molecule has 2 aromatic heterocycles. The zero-order chi connectivity index (χ0) is 27.6. The fraction of sp³-hybridized carbons (Fsp3) is 0. The van der Waals surface area contributed by atoms with Gasteiger partial charge in [-0.05, 0) is 27.8 Å². The summed E-state index contributed by atoms with van der Waals surface area (Å²) in [6.07, 6.45) is 13.0. The molecule has 0 bridgehead atoms. The lowest BCUT2D eigenvalue weighted by Gasteiger charge is -2.20. The van der Waals surface area contributed by atoms with Crippen molar-refractivity contribution in [2.24, 2.45) is 4.99 Å². The maximum absolute atomic E-state index is 4.75. The van der Waals surface area contributed by atoms with Crippen LogP contribution in [0.2, 0.25) is 0 Å². The van der Waals surface area contributed by atoms with Crippen LogP contribution in [0.5, 0.6) is 0 Å². The Morgan fingerprint density at radius 2 is 1.23 bits per heavy atom. The van der Waals surface area contributed by atoms with E-state index in [9.17, 15) is 0 Å². The first kappa shape index (κ1) is 25.7. The van der Waals surface area contributed by atoms with Gasteiger partial charge in [0.2, 0.25) is 0 Å². The molecule has 1 nitrogen and oxygen atoms in total. The molecule has 1 aliphatic carbocycles. The Balaban J connectivity index is 1.73. The van der Waals surface area contributed by atoms with Gasteiger partial charge in [-0.25, -0.2) is 0 Å². The maximum atomic E-state index is 4.75. The van der Waals surface area contributed by atoms with Gasteiger partial charge in [-0.15, -0.1) is 22.7 Å². The number of hydrogen-bond donors (Lipinski definition) is 0. The second kappa shape index (κ2) is 10.9. The molecule has 192 valence electrons. The minimum absolute atomic E-state index is 0.843. The minimum Gasteiger partial charge on any atom is -0.255 e. The van der Waals surface area contributed by atoms with Crippen molar-refractivity contribution in [3.8, 4) is 43.8 Å². The van der Waals surface area contributed by atoms with Gasteiger partial charge in [0.05, 0.1) is 20.0 Å². The van der Waals surface area contributed by atoms with Crippen LogP contribution in [-0.2, 0) is 0 Å². The van der Waals surface area contributed by atoms with E-state index in [1.165, 1.54) is 53.2 Å². The third-order valence-electron chi connectivity index (χ3n) is 7.06. The molecule has 0 atom stereocenters. The maximum Gasteiger partial charge on any atom is 0.0880 e. The molecule has 6 rings (SSSR count). The molecule has 0 saturated heterocycles. The van der Waals surface area contributed by atoms with Crippen molar-refractivity contribution in [3.05, 3.63) is 152 Å². The molecule has 0 fully saturated rings. The zero-order valence-electron chi connectivity index (χ0n) is 22.1. The van der Waals surface area contributed by atoms with Crippen LogP contribution in [0.4, 0.5) is 0 Å². The summed E-state index contributed by atoms with van der Waals surface area (Å²) in [7, 11) is 0. The van der Waals surface area contributed by atoms with Gasteiger partial charge in [-0.2, -0.15) is 0 Å². The molecule has 0 N–H and O–H groups in total. The number of rotatable bonds is 7. The predicted molar refractivity (Wildman–Crippen MR) is 179 cm³/mol. The summed E-state index contributed by atoms with van der Waals surface area (Å²) < 4.78 is 2.46. The molecule has 0 unspecified atom stereocenters. The Labute approximate surface area is 243 Å². The van der Waals surface area contributed by atoms with Gasteiger partial charge in [0.15, 0.2) is 0 Å². The van der Waals surface area contributed by atoms with Gasteiger partial charge < -0.3 is 0 Å². The van der Waals surface area contributed by atoms with Crippen LogP contribution in [0.15, 0.2) is 146 Å². The number of benzene rings is 3. The van der Waals surface area contributed by atoms with Gasteiger partial charge in [0.1, 0.15) is 0 Å². The first-order chi connectivity index (χ1) is 19.7. The summed E-state index contributed by atoms with van der Waals surface area (Å²) >= 11 is 3.61. The molecule has 2 heterocycles. The van der Waals surface area contributed by atoms with Gasteiger partial charge in [0, 0.05) is 33.3 Å². The average molecular weight is 550 g/mol. The smallest absolute Gasteiger partial charge is 0.0880 e. The van der Waals surface area contributed by atoms with Crippen LogP contribution < -0.4 is 0 Å². The summed E-state index contributed by atoms with van der Waals surface area (Å²) in [5.41, 5.74) is 11.6. The fourth-order valence-corrected chi connectivity index (χ4v) is 8.38.